The molecule has 5 atom stereocenters. The number of allylic oxidation sites excluding steroid dienone is 1. The van der Waals surface area contributed by atoms with Gasteiger partial charge in [0.2, 0.25) is 0 Å². The molecule has 0 aromatic rings. The first-order valence-corrected chi connectivity index (χ1v) is 10.0. The number of hydrogen-bond acceptors (Lipinski definition) is 2. The van der Waals surface area contributed by atoms with E-state index in [1.807, 2.05) is 0 Å². The van der Waals surface area contributed by atoms with Crippen LogP contribution in [0.25, 0.3) is 0 Å². The highest BCUT2D eigenvalue weighted by atomic mass is 32.0. The standard InChI is InChI=1S/C15H28O2P2/c1-11-7-9-14(4,13(11,2)3)12-6-5-8-15(12,16)10-17-19-18/h6,11,16,19H,5,7-10,18H2,1-4H3. The van der Waals surface area contributed by atoms with Crippen LogP contribution in [-0.2, 0) is 4.52 Å². The van der Waals surface area contributed by atoms with Gasteiger partial charge in [0.05, 0.1) is 6.61 Å². The Bertz CT molecular complexity index is 380. The zero-order chi connectivity index (χ0) is 14.3. The molecule has 1 saturated carbocycles. The predicted molar refractivity (Wildman–Crippen MR) is 86.5 cm³/mol. The molecule has 0 spiro atoms. The van der Waals surface area contributed by atoms with Gasteiger partial charge in [0.15, 0.2) is 0 Å². The van der Waals surface area contributed by atoms with Crippen molar-refractivity contribution in [1.82, 2.24) is 0 Å². The van der Waals surface area contributed by atoms with E-state index in [9.17, 15) is 5.11 Å². The van der Waals surface area contributed by atoms with Crippen LogP contribution in [-0.4, -0.2) is 17.3 Å². The van der Waals surface area contributed by atoms with Crippen molar-refractivity contribution in [3.8, 4) is 0 Å². The summed E-state index contributed by atoms with van der Waals surface area (Å²) in [6.07, 6.45) is 6.52. The number of hydrogen-bond donors (Lipinski definition) is 1. The Morgan fingerprint density at radius 2 is 2.11 bits per heavy atom. The third-order valence-electron chi connectivity index (χ3n) is 6.13. The molecule has 0 heterocycles. The molecular weight excluding hydrogens is 274 g/mol. The molecule has 2 nitrogen and oxygen atoms in total. The number of rotatable bonds is 4. The fraction of sp³-hybridized carbons (Fsp3) is 0.867. The Kier molecular flexibility index (Phi) is 4.50. The van der Waals surface area contributed by atoms with Crippen LogP contribution in [0, 0.1) is 16.7 Å². The molecule has 0 aliphatic heterocycles. The van der Waals surface area contributed by atoms with E-state index in [4.69, 9.17) is 4.52 Å². The van der Waals surface area contributed by atoms with Crippen LogP contribution in [0.15, 0.2) is 11.6 Å². The zero-order valence-corrected chi connectivity index (χ0v) is 14.8. The summed E-state index contributed by atoms with van der Waals surface area (Å²) in [6, 6.07) is 0. The minimum absolute atomic E-state index is 0.102. The molecule has 1 fully saturated rings. The summed E-state index contributed by atoms with van der Waals surface area (Å²) in [5, 5.41) is 11.0. The van der Waals surface area contributed by atoms with E-state index in [-0.39, 0.29) is 10.8 Å². The average Bonchev–Trinajstić information content (AvgIpc) is 2.83. The Morgan fingerprint density at radius 1 is 1.42 bits per heavy atom. The third kappa shape index (κ3) is 2.44. The molecule has 0 aromatic carbocycles. The molecular formula is C15H28O2P2. The first-order valence-electron chi connectivity index (χ1n) is 7.29. The van der Waals surface area contributed by atoms with E-state index in [1.165, 1.54) is 18.4 Å². The molecule has 0 amide bonds. The van der Waals surface area contributed by atoms with Crippen molar-refractivity contribution in [1.29, 1.82) is 0 Å². The maximum Gasteiger partial charge on any atom is 0.110 e. The highest BCUT2D eigenvalue weighted by molar-refractivity contribution is 8.00. The largest absolute Gasteiger partial charge is 0.383 e. The van der Waals surface area contributed by atoms with Gasteiger partial charge in [0.1, 0.15) is 5.60 Å². The molecule has 19 heavy (non-hydrogen) atoms. The van der Waals surface area contributed by atoms with Crippen molar-refractivity contribution in [3.05, 3.63) is 11.6 Å². The second kappa shape index (κ2) is 5.38. The Labute approximate surface area is 121 Å². The molecule has 5 unspecified atom stereocenters. The summed E-state index contributed by atoms with van der Waals surface area (Å²) in [5.74, 6) is 0.702. The van der Waals surface area contributed by atoms with E-state index < -0.39 is 5.60 Å². The summed E-state index contributed by atoms with van der Waals surface area (Å²) in [4.78, 5) is 0. The minimum Gasteiger partial charge on any atom is -0.383 e. The highest BCUT2D eigenvalue weighted by Gasteiger charge is 2.56. The maximum absolute atomic E-state index is 11.0. The molecule has 0 saturated heterocycles. The van der Waals surface area contributed by atoms with Crippen LogP contribution in [0.5, 0.6) is 0 Å². The lowest BCUT2D eigenvalue weighted by Gasteiger charge is -2.46. The fourth-order valence-corrected chi connectivity index (χ4v) is 4.62. The van der Waals surface area contributed by atoms with Gasteiger partial charge in [-0.2, -0.15) is 0 Å². The Morgan fingerprint density at radius 3 is 2.63 bits per heavy atom. The first kappa shape index (κ1) is 15.9. The summed E-state index contributed by atoms with van der Waals surface area (Å²) in [6.45, 7) is 9.87. The third-order valence-corrected chi connectivity index (χ3v) is 6.94. The molecule has 0 aromatic heterocycles. The molecule has 0 radical (unpaired) electrons. The summed E-state index contributed by atoms with van der Waals surface area (Å²) in [5.41, 5.74) is 0.850. The van der Waals surface area contributed by atoms with Gasteiger partial charge in [-0.1, -0.05) is 42.7 Å². The summed E-state index contributed by atoms with van der Waals surface area (Å²) >= 11 is 0. The molecule has 4 heteroatoms. The van der Waals surface area contributed by atoms with Gasteiger partial charge >= 0.3 is 0 Å². The maximum atomic E-state index is 11.0. The number of aliphatic hydroxyl groups is 1. The molecule has 110 valence electrons. The van der Waals surface area contributed by atoms with Crippen LogP contribution >= 0.6 is 17.4 Å². The van der Waals surface area contributed by atoms with Gasteiger partial charge < -0.3 is 9.63 Å². The van der Waals surface area contributed by atoms with E-state index in [0.717, 1.165) is 12.8 Å². The van der Waals surface area contributed by atoms with Crippen LogP contribution < -0.4 is 0 Å². The quantitative estimate of drug-likeness (QED) is 0.620. The van der Waals surface area contributed by atoms with E-state index >= 15 is 0 Å². The molecule has 2 rings (SSSR count). The zero-order valence-electron chi connectivity index (χ0n) is 12.6. The van der Waals surface area contributed by atoms with Crippen molar-refractivity contribution < 1.29 is 9.63 Å². The van der Waals surface area contributed by atoms with Crippen molar-refractivity contribution in [2.24, 2.45) is 16.7 Å². The van der Waals surface area contributed by atoms with Gasteiger partial charge in [-0.25, -0.2) is 0 Å². The van der Waals surface area contributed by atoms with Crippen molar-refractivity contribution in [3.63, 3.8) is 0 Å². The lowest BCUT2D eigenvalue weighted by Crippen LogP contribution is -2.45. The van der Waals surface area contributed by atoms with Gasteiger partial charge in [-0.3, -0.25) is 0 Å². The molecule has 2 aliphatic carbocycles. The van der Waals surface area contributed by atoms with E-state index in [1.54, 1.807) is 0 Å². The van der Waals surface area contributed by atoms with Gasteiger partial charge in [0.25, 0.3) is 0 Å². The molecule has 2 aliphatic rings. The highest BCUT2D eigenvalue weighted by Crippen LogP contribution is 2.62. The van der Waals surface area contributed by atoms with Crippen molar-refractivity contribution in [2.45, 2.75) is 59.0 Å². The first-order chi connectivity index (χ1) is 8.78. The molecule has 1 N–H and O–H groups in total. The summed E-state index contributed by atoms with van der Waals surface area (Å²) < 4.78 is 5.55. The van der Waals surface area contributed by atoms with Crippen LogP contribution in [0.1, 0.15) is 53.4 Å². The predicted octanol–water partition coefficient (Wildman–Crippen LogP) is 4.30. The second-order valence-corrected chi connectivity index (χ2v) is 8.32. The molecule has 0 bridgehead atoms. The van der Waals surface area contributed by atoms with Gasteiger partial charge in [-0.15, -0.1) is 0 Å². The van der Waals surface area contributed by atoms with Gasteiger partial charge in [0, 0.05) is 8.50 Å². The van der Waals surface area contributed by atoms with Crippen LogP contribution in [0.3, 0.4) is 0 Å². The average molecular weight is 302 g/mol. The Balaban J connectivity index is 2.30. The normalized spacial score (nSPS) is 42.2. The van der Waals surface area contributed by atoms with Crippen LogP contribution in [0.4, 0.5) is 0 Å². The lowest BCUT2D eigenvalue weighted by atomic mass is 9.60. The van der Waals surface area contributed by atoms with Crippen molar-refractivity contribution in [2.75, 3.05) is 6.61 Å². The minimum atomic E-state index is -0.736. The van der Waals surface area contributed by atoms with Crippen molar-refractivity contribution >= 4 is 17.4 Å². The SMILES string of the molecule is CC1CCC(C)(C2=CCCC2(O)COPP)C1(C)C. The monoisotopic (exact) mass is 302 g/mol. The lowest BCUT2D eigenvalue weighted by molar-refractivity contribution is -0.00178. The smallest absolute Gasteiger partial charge is 0.110 e. The van der Waals surface area contributed by atoms with Gasteiger partial charge in [-0.05, 0) is 48.0 Å². The Hall–Kier alpha value is 0.520. The fourth-order valence-electron chi connectivity index (χ4n) is 4.04. The summed E-state index contributed by atoms with van der Waals surface area (Å²) in [7, 11) is 2.96. The van der Waals surface area contributed by atoms with Crippen LogP contribution in [0.2, 0.25) is 0 Å². The van der Waals surface area contributed by atoms with E-state index in [0.29, 0.717) is 21.0 Å². The second-order valence-electron chi connectivity index (χ2n) is 7.09. The van der Waals surface area contributed by atoms with E-state index in [2.05, 4.69) is 42.7 Å². The topological polar surface area (TPSA) is 29.5 Å².